The van der Waals surface area contributed by atoms with Gasteiger partial charge in [-0.2, -0.15) is 0 Å². The van der Waals surface area contributed by atoms with Crippen molar-refractivity contribution in [1.82, 2.24) is 15.2 Å². The molecular formula is C16H25N3Si. The monoisotopic (exact) mass is 287 g/mol. The summed E-state index contributed by atoms with van der Waals surface area (Å²) in [6.07, 6.45) is 16.2. The largest absolute Gasteiger partial charge is 0.299 e. The fraction of sp³-hybridized carbons (Fsp3) is 0.625. The van der Waals surface area contributed by atoms with E-state index in [2.05, 4.69) is 58.5 Å². The van der Waals surface area contributed by atoms with Crippen LogP contribution in [0.25, 0.3) is 0 Å². The molecule has 3 aliphatic rings. The molecule has 4 atom stereocenters. The molecule has 0 aromatic carbocycles. The summed E-state index contributed by atoms with van der Waals surface area (Å²) in [7, 11) is -1.58. The third-order valence-corrected chi connectivity index (χ3v) is 9.74. The van der Waals surface area contributed by atoms with Crippen LogP contribution in [0.1, 0.15) is 6.42 Å². The summed E-state index contributed by atoms with van der Waals surface area (Å²) in [5.74, 6) is 4.85. The summed E-state index contributed by atoms with van der Waals surface area (Å²) in [4.78, 5) is 0. The summed E-state index contributed by atoms with van der Waals surface area (Å²) in [6, 6.07) is 0. The second kappa shape index (κ2) is 5.49. The van der Waals surface area contributed by atoms with Crippen LogP contribution in [0.5, 0.6) is 0 Å². The number of hydrogen-bond donors (Lipinski definition) is 2. The first-order chi connectivity index (χ1) is 9.64. The number of fused-ring (bicyclic) bond motifs is 1. The average Bonchev–Trinajstić information content (AvgIpc) is 2.87. The van der Waals surface area contributed by atoms with Crippen molar-refractivity contribution in [3.05, 3.63) is 24.3 Å². The molecule has 1 saturated carbocycles. The molecule has 0 aromatic heterocycles. The van der Waals surface area contributed by atoms with Gasteiger partial charge in [-0.25, -0.2) is 0 Å². The molecule has 0 spiro atoms. The van der Waals surface area contributed by atoms with E-state index in [0.29, 0.717) is 23.3 Å². The lowest BCUT2D eigenvalue weighted by atomic mass is 9.92. The molecule has 108 valence electrons. The van der Waals surface area contributed by atoms with E-state index >= 15 is 0 Å². The fourth-order valence-electron chi connectivity index (χ4n) is 4.28. The van der Waals surface area contributed by atoms with Crippen LogP contribution in [0.3, 0.4) is 0 Å². The van der Waals surface area contributed by atoms with E-state index in [4.69, 9.17) is 6.42 Å². The van der Waals surface area contributed by atoms with Crippen molar-refractivity contribution in [3.63, 3.8) is 0 Å². The van der Waals surface area contributed by atoms with Crippen LogP contribution in [-0.4, -0.2) is 32.8 Å². The second-order valence-corrected chi connectivity index (χ2v) is 11.3. The fourth-order valence-corrected chi connectivity index (χ4v) is 8.26. The third-order valence-electron chi connectivity index (χ3n) is 5.37. The van der Waals surface area contributed by atoms with Gasteiger partial charge >= 0.3 is 0 Å². The van der Waals surface area contributed by atoms with Crippen LogP contribution in [0.4, 0.5) is 0 Å². The van der Waals surface area contributed by atoms with Crippen molar-refractivity contribution in [1.29, 1.82) is 0 Å². The Kier molecular flexibility index (Phi) is 3.87. The zero-order valence-corrected chi connectivity index (χ0v) is 13.5. The van der Waals surface area contributed by atoms with Gasteiger partial charge in [0.1, 0.15) is 8.24 Å². The molecule has 3 nitrogen and oxygen atoms in total. The van der Waals surface area contributed by atoms with Crippen molar-refractivity contribution in [3.8, 4) is 12.3 Å². The number of allylic oxidation sites excluding steroid dienone is 4. The van der Waals surface area contributed by atoms with Gasteiger partial charge in [-0.3, -0.25) is 15.2 Å². The zero-order valence-electron chi connectivity index (χ0n) is 12.5. The van der Waals surface area contributed by atoms with E-state index in [1.807, 2.05) is 0 Å². The minimum atomic E-state index is -1.58. The van der Waals surface area contributed by atoms with Crippen LogP contribution >= 0.6 is 0 Å². The van der Waals surface area contributed by atoms with Crippen molar-refractivity contribution in [2.24, 2.45) is 17.8 Å². The lowest BCUT2D eigenvalue weighted by Gasteiger charge is -2.46. The second-order valence-electron chi connectivity index (χ2n) is 6.73. The molecule has 0 amide bonds. The Labute approximate surface area is 123 Å². The first-order valence-electron chi connectivity index (χ1n) is 7.62. The van der Waals surface area contributed by atoms with E-state index < -0.39 is 8.24 Å². The van der Waals surface area contributed by atoms with Crippen LogP contribution in [0, 0.1) is 30.1 Å². The summed E-state index contributed by atoms with van der Waals surface area (Å²) in [6.45, 7) is 7.89. The average molecular weight is 287 g/mol. The molecule has 0 aromatic rings. The van der Waals surface area contributed by atoms with E-state index in [1.54, 1.807) is 0 Å². The molecular weight excluding hydrogens is 262 g/mol. The molecule has 2 aliphatic carbocycles. The first kappa shape index (κ1) is 14.1. The third kappa shape index (κ3) is 2.29. The maximum atomic E-state index is 5.88. The Morgan fingerprint density at radius 3 is 2.60 bits per heavy atom. The quantitative estimate of drug-likeness (QED) is 0.600. The Morgan fingerprint density at radius 2 is 1.90 bits per heavy atom. The van der Waals surface area contributed by atoms with Gasteiger partial charge in [0, 0.05) is 25.9 Å². The van der Waals surface area contributed by atoms with E-state index in [0.717, 1.165) is 26.4 Å². The molecule has 1 heterocycles. The molecule has 4 heteroatoms. The highest BCUT2D eigenvalue weighted by atomic mass is 28.3. The van der Waals surface area contributed by atoms with Crippen molar-refractivity contribution in [2.75, 3.05) is 20.0 Å². The standard InChI is InChI=1S/C16H25N3Si/c1-4-13-9-14-7-5-6-8-15(14)16(13)20(2,3)19-11-17-10-18-12-19/h1,5-8,13-18H,9-12H2,2-3H3. The Bertz CT molecular complexity index is 457. The Morgan fingerprint density at radius 1 is 1.20 bits per heavy atom. The highest BCUT2D eigenvalue weighted by Gasteiger charge is 2.51. The maximum Gasteiger partial charge on any atom is 0.130 e. The highest BCUT2D eigenvalue weighted by Crippen LogP contribution is 2.53. The summed E-state index contributed by atoms with van der Waals surface area (Å²) < 4.78 is 2.63. The van der Waals surface area contributed by atoms with Gasteiger partial charge in [0.25, 0.3) is 0 Å². The minimum Gasteiger partial charge on any atom is -0.299 e. The van der Waals surface area contributed by atoms with Gasteiger partial charge in [-0.05, 0) is 23.8 Å². The Hall–Kier alpha value is -0.863. The number of rotatable bonds is 2. The summed E-state index contributed by atoms with van der Waals surface area (Å²) in [5.41, 5.74) is 0.653. The topological polar surface area (TPSA) is 27.3 Å². The molecule has 4 unspecified atom stereocenters. The van der Waals surface area contributed by atoms with Crippen LogP contribution < -0.4 is 10.6 Å². The summed E-state index contributed by atoms with van der Waals surface area (Å²) >= 11 is 0. The highest BCUT2D eigenvalue weighted by molar-refractivity contribution is 6.76. The molecule has 3 rings (SSSR count). The first-order valence-corrected chi connectivity index (χ1v) is 10.6. The molecule has 0 bridgehead atoms. The number of nitrogens with zero attached hydrogens (tertiary/aromatic N) is 1. The molecule has 2 fully saturated rings. The molecule has 1 saturated heterocycles. The maximum absolute atomic E-state index is 5.88. The van der Waals surface area contributed by atoms with Crippen molar-refractivity contribution >= 4 is 8.24 Å². The van der Waals surface area contributed by atoms with E-state index in [9.17, 15) is 0 Å². The number of terminal acetylenes is 1. The van der Waals surface area contributed by atoms with Crippen molar-refractivity contribution < 1.29 is 0 Å². The van der Waals surface area contributed by atoms with Gasteiger partial charge < -0.3 is 0 Å². The molecule has 2 N–H and O–H groups in total. The normalized spacial score (nSPS) is 37.6. The summed E-state index contributed by atoms with van der Waals surface area (Å²) in [5, 5.41) is 6.87. The minimum absolute atomic E-state index is 0.431. The Balaban J connectivity index is 1.87. The smallest absolute Gasteiger partial charge is 0.130 e. The van der Waals surface area contributed by atoms with Crippen LogP contribution in [-0.2, 0) is 0 Å². The van der Waals surface area contributed by atoms with Crippen LogP contribution in [0.15, 0.2) is 24.3 Å². The molecule has 1 aliphatic heterocycles. The lowest BCUT2D eigenvalue weighted by molar-refractivity contribution is 0.281. The van der Waals surface area contributed by atoms with Gasteiger partial charge in [0.05, 0.1) is 0 Å². The predicted octanol–water partition coefficient (Wildman–Crippen LogP) is 1.94. The number of nitrogens with one attached hydrogen (secondary N) is 2. The molecule has 20 heavy (non-hydrogen) atoms. The van der Waals surface area contributed by atoms with Crippen LogP contribution in [0.2, 0.25) is 18.6 Å². The number of hydrogen-bond acceptors (Lipinski definition) is 3. The van der Waals surface area contributed by atoms with E-state index in [-0.39, 0.29) is 0 Å². The predicted molar refractivity (Wildman–Crippen MR) is 86.1 cm³/mol. The van der Waals surface area contributed by atoms with Gasteiger partial charge in [0.15, 0.2) is 0 Å². The van der Waals surface area contributed by atoms with Gasteiger partial charge in [-0.15, -0.1) is 12.3 Å². The van der Waals surface area contributed by atoms with Crippen molar-refractivity contribution in [2.45, 2.75) is 25.1 Å². The zero-order chi connectivity index (χ0) is 14.2. The van der Waals surface area contributed by atoms with Gasteiger partial charge in [-0.1, -0.05) is 37.4 Å². The molecule has 0 radical (unpaired) electrons. The van der Waals surface area contributed by atoms with Gasteiger partial charge in [0.2, 0.25) is 0 Å². The van der Waals surface area contributed by atoms with E-state index in [1.165, 1.54) is 0 Å². The lowest BCUT2D eigenvalue weighted by Crippen LogP contribution is -2.63. The SMILES string of the molecule is C#CC1CC2C=CC=CC2C1[Si](C)(C)N1CNCNC1.